The fourth-order valence-corrected chi connectivity index (χ4v) is 2.71. The lowest BCUT2D eigenvalue weighted by Crippen LogP contribution is -2.07. The number of aromatic nitrogens is 2. The summed E-state index contributed by atoms with van der Waals surface area (Å²) in [5.41, 5.74) is 3.65. The van der Waals surface area contributed by atoms with Gasteiger partial charge in [0.15, 0.2) is 0 Å². The van der Waals surface area contributed by atoms with Crippen molar-refractivity contribution in [3.63, 3.8) is 0 Å². The van der Waals surface area contributed by atoms with Crippen molar-refractivity contribution in [1.29, 1.82) is 0 Å². The Bertz CT molecular complexity index is 789. The van der Waals surface area contributed by atoms with Gasteiger partial charge in [0.05, 0.1) is 27.1 Å². The summed E-state index contributed by atoms with van der Waals surface area (Å²) in [5, 5.41) is 4.55. The SMILES string of the molecule is CC(Nc1ccc2nccnc2c1)c1cccc(Cl)c1Cl. The number of nitrogens with zero attached hydrogens (tertiary/aromatic N) is 2. The molecular formula is C16H13Cl2N3. The fraction of sp³-hybridized carbons (Fsp3) is 0.125. The van der Waals surface area contributed by atoms with Crippen LogP contribution in [0.4, 0.5) is 5.69 Å². The number of hydrogen-bond donors (Lipinski definition) is 1. The molecule has 5 heteroatoms. The lowest BCUT2D eigenvalue weighted by atomic mass is 10.1. The Morgan fingerprint density at radius 1 is 1.00 bits per heavy atom. The molecule has 3 aromatic rings. The van der Waals surface area contributed by atoms with Gasteiger partial charge in [0.2, 0.25) is 0 Å². The van der Waals surface area contributed by atoms with E-state index in [1.54, 1.807) is 18.5 Å². The van der Waals surface area contributed by atoms with Crippen LogP contribution in [-0.2, 0) is 0 Å². The van der Waals surface area contributed by atoms with Crippen LogP contribution in [0.15, 0.2) is 48.8 Å². The van der Waals surface area contributed by atoms with Crippen molar-refractivity contribution in [2.75, 3.05) is 5.32 Å². The molecule has 3 rings (SSSR count). The highest BCUT2D eigenvalue weighted by Gasteiger charge is 2.12. The van der Waals surface area contributed by atoms with Crippen LogP contribution in [-0.4, -0.2) is 9.97 Å². The predicted molar refractivity (Wildman–Crippen MR) is 88.0 cm³/mol. The lowest BCUT2D eigenvalue weighted by molar-refractivity contribution is 0.885. The smallest absolute Gasteiger partial charge is 0.0907 e. The van der Waals surface area contributed by atoms with E-state index >= 15 is 0 Å². The third-order valence-electron chi connectivity index (χ3n) is 3.30. The van der Waals surface area contributed by atoms with Gasteiger partial charge in [-0.3, -0.25) is 9.97 Å². The van der Waals surface area contributed by atoms with E-state index in [1.807, 2.05) is 37.3 Å². The van der Waals surface area contributed by atoms with Crippen LogP contribution in [0.2, 0.25) is 10.0 Å². The van der Waals surface area contributed by atoms with Crippen LogP contribution < -0.4 is 5.32 Å². The van der Waals surface area contributed by atoms with Gasteiger partial charge >= 0.3 is 0 Å². The molecule has 0 aliphatic heterocycles. The van der Waals surface area contributed by atoms with Gasteiger partial charge in [-0.15, -0.1) is 0 Å². The molecule has 1 N–H and O–H groups in total. The summed E-state index contributed by atoms with van der Waals surface area (Å²) in [6.07, 6.45) is 3.37. The van der Waals surface area contributed by atoms with Crippen molar-refractivity contribution in [2.24, 2.45) is 0 Å². The van der Waals surface area contributed by atoms with Crippen LogP contribution in [0.1, 0.15) is 18.5 Å². The Balaban J connectivity index is 1.89. The maximum Gasteiger partial charge on any atom is 0.0907 e. The fourth-order valence-electron chi connectivity index (χ4n) is 2.24. The zero-order valence-electron chi connectivity index (χ0n) is 11.3. The molecule has 0 aliphatic carbocycles. The highest BCUT2D eigenvalue weighted by atomic mass is 35.5. The van der Waals surface area contributed by atoms with Crippen LogP contribution in [0, 0.1) is 0 Å². The minimum Gasteiger partial charge on any atom is -0.378 e. The minimum absolute atomic E-state index is 0.0327. The molecule has 0 spiro atoms. The Labute approximate surface area is 132 Å². The van der Waals surface area contributed by atoms with Gasteiger partial charge < -0.3 is 5.32 Å². The third kappa shape index (κ3) is 2.94. The van der Waals surface area contributed by atoms with Gasteiger partial charge in [0, 0.05) is 18.1 Å². The van der Waals surface area contributed by atoms with E-state index in [9.17, 15) is 0 Å². The van der Waals surface area contributed by atoms with Gasteiger partial charge in [-0.2, -0.15) is 0 Å². The molecule has 21 heavy (non-hydrogen) atoms. The molecule has 0 saturated carbocycles. The van der Waals surface area contributed by atoms with Crippen molar-refractivity contribution in [3.05, 3.63) is 64.4 Å². The van der Waals surface area contributed by atoms with E-state index in [1.165, 1.54) is 0 Å². The molecule has 0 saturated heterocycles. The van der Waals surface area contributed by atoms with Crippen LogP contribution in [0.3, 0.4) is 0 Å². The van der Waals surface area contributed by atoms with E-state index in [2.05, 4.69) is 15.3 Å². The monoisotopic (exact) mass is 317 g/mol. The predicted octanol–water partition coefficient (Wildman–Crippen LogP) is 5.11. The maximum absolute atomic E-state index is 6.26. The molecular weight excluding hydrogens is 305 g/mol. The van der Waals surface area contributed by atoms with Gasteiger partial charge in [0.25, 0.3) is 0 Å². The van der Waals surface area contributed by atoms with Crippen molar-refractivity contribution in [1.82, 2.24) is 9.97 Å². The van der Waals surface area contributed by atoms with E-state index in [0.29, 0.717) is 10.0 Å². The van der Waals surface area contributed by atoms with E-state index in [-0.39, 0.29) is 6.04 Å². The summed E-state index contributed by atoms with van der Waals surface area (Å²) in [7, 11) is 0. The molecule has 1 aromatic heterocycles. The van der Waals surface area contributed by atoms with Crippen molar-refractivity contribution in [3.8, 4) is 0 Å². The summed E-state index contributed by atoms with van der Waals surface area (Å²) >= 11 is 12.3. The number of benzene rings is 2. The normalized spacial score (nSPS) is 12.3. The molecule has 106 valence electrons. The van der Waals surface area contributed by atoms with E-state index in [0.717, 1.165) is 22.3 Å². The zero-order chi connectivity index (χ0) is 14.8. The summed E-state index contributed by atoms with van der Waals surface area (Å²) in [6, 6.07) is 11.6. The van der Waals surface area contributed by atoms with Gasteiger partial charge in [0.1, 0.15) is 0 Å². The lowest BCUT2D eigenvalue weighted by Gasteiger charge is -2.17. The molecule has 1 unspecified atom stereocenters. The molecule has 2 aromatic carbocycles. The molecule has 0 radical (unpaired) electrons. The number of hydrogen-bond acceptors (Lipinski definition) is 3. The van der Waals surface area contributed by atoms with Crippen LogP contribution in [0.5, 0.6) is 0 Å². The van der Waals surface area contributed by atoms with Crippen molar-refractivity contribution >= 4 is 39.9 Å². The topological polar surface area (TPSA) is 37.8 Å². The molecule has 1 heterocycles. The number of nitrogens with one attached hydrogen (secondary N) is 1. The first-order valence-electron chi connectivity index (χ1n) is 6.56. The third-order valence-corrected chi connectivity index (χ3v) is 4.13. The van der Waals surface area contributed by atoms with E-state index in [4.69, 9.17) is 23.2 Å². The molecule has 0 amide bonds. The first kappa shape index (κ1) is 14.1. The highest BCUT2D eigenvalue weighted by molar-refractivity contribution is 6.42. The number of halogens is 2. The molecule has 1 atom stereocenters. The molecule has 0 aliphatic rings. The maximum atomic E-state index is 6.26. The Hall–Kier alpha value is -1.84. The minimum atomic E-state index is 0.0327. The number of anilines is 1. The largest absolute Gasteiger partial charge is 0.378 e. The summed E-state index contributed by atoms with van der Waals surface area (Å²) < 4.78 is 0. The number of fused-ring (bicyclic) bond motifs is 1. The van der Waals surface area contributed by atoms with Crippen LogP contribution >= 0.6 is 23.2 Å². The average molecular weight is 318 g/mol. The first-order chi connectivity index (χ1) is 10.1. The van der Waals surface area contributed by atoms with Crippen LogP contribution in [0.25, 0.3) is 11.0 Å². The molecule has 3 nitrogen and oxygen atoms in total. The second-order valence-corrected chi connectivity index (χ2v) is 5.55. The first-order valence-corrected chi connectivity index (χ1v) is 7.32. The van der Waals surface area contributed by atoms with E-state index < -0.39 is 0 Å². The second-order valence-electron chi connectivity index (χ2n) is 4.77. The summed E-state index contributed by atoms with van der Waals surface area (Å²) in [5.74, 6) is 0. The number of rotatable bonds is 3. The van der Waals surface area contributed by atoms with Gasteiger partial charge in [-0.25, -0.2) is 0 Å². The second kappa shape index (κ2) is 5.88. The standard InChI is InChI=1S/C16H13Cl2N3/c1-10(12-3-2-4-13(17)16(12)18)21-11-5-6-14-15(9-11)20-8-7-19-14/h2-10,21H,1H3. The average Bonchev–Trinajstić information content (AvgIpc) is 2.50. The molecule has 0 fully saturated rings. The molecule has 0 bridgehead atoms. The van der Waals surface area contributed by atoms with Crippen molar-refractivity contribution < 1.29 is 0 Å². The zero-order valence-corrected chi connectivity index (χ0v) is 12.9. The van der Waals surface area contributed by atoms with Gasteiger partial charge in [-0.1, -0.05) is 35.3 Å². The Morgan fingerprint density at radius 3 is 2.57 bits per heavy atom. The Morgan fingerprint density at radius 2 is 1.76 bits per heavy atom. The van der Waals surface area contributed by atoms with Gasteiger partial charge in [-0.05, 0) is 36.8 Å². The van der Waals surface area contributed by atoms with Crippen molar-refractivity contribution in [2.45, 2.75) is 13.0 Å². The summed E-state index contributed by atoms with van der Waals surface area (Å²) in [6.45, 7) is 2.04. The highest BCUT2D eigenvalue weighted by Crippen LogP contribution is 2.31. The Kier molecular flexibility index (Phi) is 3.95. The summed E-state index contributed by atoms with van der Waals surface area (Å²) in [4.78, 5) is 8.56. The quantitative estimate of drug-likeness (QED) is 0.729.